The molecule has 0 bridgehead atoms. The molecule has 0 unspecified atom stereocenters. The number of anilines is 1. The molecule has 1 saturated heterocycles. The predicted molar refractivity (Wildman–Crippen MR) is 139 cm³/mol. The highest BCUT2D eigenvalue weighted by molar-refractivity contribution is 8.00. The summed E-state index contributed by atoms with van der Waals surface area (Å²) in [5.74, 6) is -0.219. The van der Waals surface area contributed by atoms with Crippen LogP contribution in [0.15, 0.2) is 72.8 Å². The first-order valence-electron chi connectivity index (χ1n) is 11.3. The Morgan fingerprint density at radius 1 is 1.06 bits per heavy atom. The fraction of sp³-hybridized carbons (Fsp3) is 0.222. The molecule has 6 nitrogen and oxygen atoms in total. The zero-order valence-corrected chi connectivity index (χ0v) is 20.8. The van der Waals surface area contributed by atoms with Crippen molar-refractivity contribution in [3.05, 3.63) is 100 Å². The molecule has 3 aromatic carbocycles. The Kier molecular flexibility index (Phi) is 8.10. The number of hydrogen-bond acceptors (Lipinski definition) is 5. The van der Waals surface area contributed by atoms with Gasteiger partial charge in [0.15, 0.2) is 0 Å². The predicted octanol–water partition coefficient (Wildman–Crippen LogP) is 5.59. The molecule has 0 aromatic heterocycles. The second-order valence-corrected chi connectivity index (χ2v) is 9.45. The van der Waals surface area contributed by atoms with Crippen LogP contribution in [-0.2, 0) is 16.0 Å². The largest absolute Gasteiger partial charge is 0.462 e. The molecule has 1 heterocycles. The highest BCUT2D eigenvalue weighted by Gasteiger charge is 2.32. The fourth-order valence-electron chi connectivity index (χ4n) is 3.82. The fourth-order valence-corrected chi connectivity index (χ4v) is 5.26. The van der Waals surface area contributed by atoms with Gasteiger partial charge in [0.1, 0.15) is 5.37 Å². The van der Waals surface area contributed by atoms with Gasteiger partial charge in [0.2, 0.25) is 5.91 Å². The van der Waals surface area contributed by atoms with E-state index in [4.69, 9.17) is 16.3 Å². The molecule has 1 aliphatic rings. The average Bonchev–Trinajstić information content (AvgIpc) is 3.24. The molecule has 1 fully saturated rings. The van der Waals surface area contributed by atoms with Gasteiger partial charge in [0.25, 0.3) is 5.91 Å². The third kappa shape index (κ3) is 6.05. The van der Waals surface area contributed by atoms with Gasteiger partial charge in [0.05, 0.1) is 28.6 Å². The van der Waals surface area contributed by atoms with Crippen molar-refractivity contribution in [1.82, 2.24) is 4.90 Å². The summed E-state index contributed by atoms with van der Waals surface area (Å²) in [7, 11) is 0. The number of ether oxygens (including phenoxy) is 1. The van der Waals surface area contributed by atoms with Crippen molar-refractivity contribution in [2.45, 2.75) is 18.7 Å². The van der Waals surface area contributed by atoms with Gasteiger partial charge in [-0.2, -0.15) is 0 Å². The normalized spacial score (nSPS) is 15.2. The third-order valence-electron chi connectivity index (χ3n) is 5.64. The van der Waals surface area contributed by atoms with E-state index in [2.05, 4.69) is 17.4 Å². The number of nitrogens with one attached hydrogen (secondary N) is 1. The van der Waals surface area contributed by atoms with E-state index >= 15 is 0 Å². The second kappa shape index (κ2) is 11.4. The molecule has 35 heavy (non-hydrogen) atoms. The quantitative estimate of drug-likeness (QED) is 0.402. The zero-order chi connectivity index (χ0) is 24.8. The molecule has 0 saturated carbocycles. The van der Waals surface area contributed by atoms with Crippen LogP contribution in [0.4, 0.5) is 5.69 Å². The van der Waals surface area contributed by atoms with Gasteiger partial charge >= 0.3 is 5.97 Å². The van der Waals surface area contributed by atoms with Crippen LogP contribution in [0.25, 0.3) is 0 Å². The van der Waals surface area contributed by atoms with E-state index in [0.717, 1.165) is 12.0 Å². The Labute approximate surface area is 213 Å². The summed E-state index contributed by atoms with van der Waals surface area (Å²) in [6, 6.07) is 21.9. The molecular weight excluding hydrogens is 484 g/mol. The molecule has 1 aliphatic heterocycles. The highest BCUT2D eigenvalue weighted by atomic mass is 35.5. The molecule has 0 radical (unpaired) electrons. The van der Waals surface area contributed by atoms with Crippen molar-refractivity contribution in [2.75, 3.05) is 24.2 Å². The van der Waals surface area contributed by atoms with Gasteiger partial charge in [-0.3, -0.25) is 9.59 Å². The maximum Gasteiger partial charge on any atom is 0.338 e. The Morgan fingerprint density at radius 2 is 1.77 bits per heavy atom. The number of thioether (sulfide) groups is 1. The van der Waals surface area contributed by atoms with Crippen LogP contribution >= 0.6 is 23.4 Å². The number of esters is 1. The minimum absolute atomic E-state index is 0.0758. The molecule has 3 aromatic rings. The van der Waals surface area contributed by atoms with Gasteiger partial charge in [-0.25, -0.2) is 4.79 Å². The van der Waals surface area contributed by atoms with Gasteiger partial charge in [-0.05, 0) is 54.8 Å². The maximum absolute atomic E-state index is 12.8. The van der Waals surface area contributed by atoms with Crippen molar-refractivity contribution >= 4 is 46.8 Å². The minimum Gasteiger partial charge on any atom is -0.462 e. The van der Waals surface area contributed by atoms with Crippen LogP contribution in [0.2, 0.25) is 5.02 Å². The van der Waals surface area contributed by atoms with Gasteiger partial charge in [0, 0.05) is 12.1 Å². The van der Waals surface area contributed by atoms with Crippen LogP contribution < -0.4 is 5.32 Å². The van der Waals surface area contributed by atoms with E-state index in [1.807, 2.05) is 35.2 Å². The summed E-state index contributed by atoms with van der Waals surface area (Å²) in [5, 5.41) is 2.95. The lowest BCUT2D eigenvalue weighted by Crippen LogP contribution is -2.30. The van der Waals surface area contributed by atoms with Crippen molar-refractivity contribution in [3.8, 4) is 0 Å². The molecule has 4 rings (SSSR count). The third-order valence-corrected chi connectivity index (χ3v) is 7.21. The van der Waals surface area contributed by atoms with E-state index < -0.39 is 5.97 Å². The highest BCUT2D eigenvalue weighted by Crippen LogP contribution is 2.38. The summed E-state index contributed by atoms with van der Waals surface area (Å²) in [6.45, 7) is 2.64. The number of halogens is 1. The lowest BCUT2D eigenvalue weighted by Gasteiger charge is -2.24. The molecule has 8 heteroatoms. The number of amides is 2. The summed E-state index contributed by atoms with van der Waals surface area (Å²) in [4.78, 5) is 39.0. The minimum atomic E-state index is -0.469. The number of rotatable bonds is 8. The Morgan fingerprint density at radius 3 is 2.46 bits per heavy atom. The summed E-state index contributed by atoms with van der Waals surface area (Å²) in [6.07, 6.45) is 0.792. The Hall–Kier alpha value is -3.29. The molecular formula is C27H25ClN2O4S. The smallest absolute Gasteiger partial charge is 0.338 e. The number of hydrogen-bond donors (Lipinski definition) is 1. The standard InChI is InChI=1S/C27H25ClN2O4S/c1-2-34-27(33)21-12-13-23(22(28)16-21)29-25(32)19-8-10-20(11-9-19)26-30(24(31)17-35-26)15-14-18-6-4-3-5-7-18/h3-13,16,26H,2,14-15,17H2,1H3,(H,29,32)/t26-/m1/s1. The van der Waals surface area contributed by atoms with E-state index in [9.17, 15) is 14.4 Å². The number of carbonyl (C=O) groups is 3. The molecule has 0 spiro atoms. The zero-order valence-electron chi connectivity index (χ0n) is 19.2. The van der Waals surface area contributed by atoms with Crippen LogP contribution in [0, 0.1) is 0 Å². The number of benzene rings is 3. The average molecular weight is 509 g/mol. The van der Waals surface area contributed by atoms with Gasteiger partial charge in [-0.15, -0.1) is 11.8 Å². The van der Waals surface area contributed by atoms with Gasteiger partial charge < -0.3 is 15.0 Å². The van der Waals surface area contributed by atoms with E-state index in [1.54, 1.807) is 43.0 Å². The number of nitrogens with zero attached hydrogens (tertiary/aromatic N) is 1. The molecule has 1 atom stereocenters. The molecule has 2 amide bonds. The topological polar surface area (TPSA) is 75.7 Å². The van der Waals surface area contributed by atoms with Crippen molar-refractivity contribution in [2.24, 2.45) is 0 Å². The van der Waals surface area contributed by atoms with Gasteiger partial charge in [-0.1, -0.05) is 54.1 Å². The first-order valence-corrected chi connectivity index (χ1v) is 12.7. The molecule has 1 N–H and O–H groups in total. The maximum atomic E-state index is 12.8. The SMILES string of the molecule is CCOC(=O)c1ccc(NC(=O)c2ccc([C@H]3SCC(=O)N3CCc3ccccc3)cc2)c(Cl)c1. The lowest BCUT2D eigenvalue weighted by atomic mass is 10.1. The second-order valence-electron chi connectivity index (χ2n) is 7.98. The summed E-state index contributed by atoms with van der Waals surface area (Å²) >= 11 is 7.85. The first-order chi connectivity index (χ1) is 17.0. The molecule has 180 valence electrons. The summed E-state index contributed by atoms with van der Waals surface area (Å²) < 4.78 is 4.97. The van der Waals surface area contributed by atoms with Crippen molar-refractivity contribution in [1.29, 1.82) is 0 Å². The first kappa shape index (κ1) is 24.8. The van der Waals surface area contributed by atoms with E-state index in [1.165, 1.54) is 11.6 Å². The van der Waals surface area contributed by atoms with Crippen LogP contribution in [0.1, 0.15) is 44.1 Å². The molecule has 0 aliphatic carbocycles. The Bertz CT molecular complexity index is 1220. The van der Waals surface area contributed by atoms with Crippen LogP contribution in [0.5, 0.6) is 0 Å². The summed E-state index contributed by atoms with van der Waals surface area (Å²) in [5.41, 5.74) is 3.35. The van der Waals surface area contributed by atoms with Crippen molar-refractivity contribution < 1.29 is 19.1 Å². The van der Waals surface area contributed by atoms with Crippen LogP contribution in [0.3, 0.4) is 0 Å². The number of carbonyl (C=O) groups excluding carboxylic acids is 3. The van der Waals surface area contributed by atoms with E-state index in [0.29, 0.717) is 29.1 Å². The monoisotopic (exact) mass is 508 g/mol. The van der Waals surface area contributed by atoms with Crippen LogP contribution in [-0.4, -0.2) is 41.6 Å². The van der Waals surface area contributed by atoms with Crippen molar-refractivity contribution in [3.63, 3.8) is 0 Å². The van der Waals surface area contributed by atoms with E-state index in [-0.39, 0.29) is 28.8 Å². The Balaban J connectivity index is 1.41. The lowest BCUT2D eigenvalue weighted by molar-refractivity contribution is -0.128.